The Balaban J connectivity index is 3.94. The topological polar surface area (TPSA) is 52.6 Å². The van der Waals surface area contributed by atoms with E-state index < -0.39 is 16.4 Å². The number of ether oxygens (including phenoxy) is 1. The maximum absolute atomic E-state index is 10.8. The first-order valence-corrected chi connectivity index (χ1v) is 6.31. The molecule has 0 fully saturated rings. The van der Waals surface area contributed by atoms with Gasteiger partial charge in [-0.3, -0.25) is 0 Å². The molecule has 0 aromatic heterocycles. The molecule has 5 heteroatoms. The van der Waals surface area contributed by atoms with Gasteiger partial charge < -0.3 is 4.74 Å². The molecule has 0 aromatic rings. The molecule has 0 spiro atoms. The van der Waals surface area contributed by atoms with Crippen molar-refractivity contribution in [1.29, 1.82) is 0 Å². The van der Waals surface area contributed by atoms with Crippen LogP contribution in [0.15, 0.2) is 0 Å². The molecule has 0 saturated carbocycles. The zero-order valence-corrected chi connectivity index (χ0v) is 9.26. The maximum Gasteiger partial charge on any atom is 0.266 e. The third kappa shape index (κ3) is 8.21. The van der Waals surface area contributed by atoms with Gasteiger partial charge in [0.1, 0.15) is 0 Å². The molecule has 0 aliphatic carbocycles. The Morgan fingerprint density at radius 3 is 2.31 bits per heavy atom. The Hall–Kier alpha value is -0.130. The molecule has 0 N–H and O–H groups in total. The second-order valence-electron chi connectivity index (χ2n) is 2.83. The minimum Gasteiger partial charge on any atom is -0.352 e. The van der Waals surface area contributed by atoms with Crippen LogP contribution in [-0.4, -0.2) is 27.6 Å². The van der Waals surface area contributed by atoms with E-state index in [-0.39, 0.29) is 0 Å². The summed E-state index contributed by atoms with van der Waals surface area (Å²) in [5, 5.41) is 0. The van der Waals surface area contributed by atoms with Crippen LogP contribution < -0.4 is 0 Å². The average Bonchev–Trinajstić information content (AvgIpc) is 1.98. The molecule has 4 nitrogen and oxygen atoms in total. The summed E-state index contributed by atoms with van der Waals surface area (Å²) in [5.41, 5.74) is 0. The summed E-state index contributed by atoms with van der Waals surface area (Å²) < 4.78 is 31.4. The van der Waals surface area contributed by atoms with Crippen LogP contribution in [0, 0.1) is 0 Å². The molecule has 0 aliphatic rings. The molecule has 0 aliphatic heterocycles. The summed E-state index contributed by atoms with van der Waals surface area (Å²) in [5.74, 6) is 0. The van der Waals surface area contributed by atoms with Crippen LogP contribution in [0.4, 0.5) is 0 Å². The molecule has 80 valence electrons. The highest BCUT2D eigenvalue weighted by atomic mass is 32.2. The summed E-state index contributed by atoms with van der Waals surface area (Å²) in [6.45, 7) is 4.30. The smallest absolute Gasteiger partial charge is 0.266 e. The Morgan fingerprint density at radius 1 is 1.31 bits per heavy atom. The van der Waals surface area contributed by atoms with Crippen molar-refractivity contribution >= 4 is 10.1 Å². The van der Waals surface area contributed by atoms with Crippen LogP contribution in [-0.2, 0) is 19.0 Å². The quantitative estimate of drug-likeness (QED) is 0.472. The normalized spacial score (nSPS) is 14.4. The van der Waals surface area contributed by atoms with Crippen LogP contribution in [0.3, 0.4) is 0 Å². The lowest BCUT2D eigenvalue weighted by molar-refractivity contribution is -0.0761. The molecule has 0 saturated heterocycles. The van der Waals surface area contributed by atoms with Crippen molar-refractivity contribution in [3.05, 3.63) is 0 Å². The van der Waals surface area contributed by atoms with E-state index in [1.165, 1.54) is 0 Å². The fraction of sp³-hybridized carbons (Fsp3) is 1.00. The van der Waals surface area contributed by atoms with Crippen molar-refractivity contribution in [2.45, 2.75) is 39.4 Å². The van der Waals surface area contributed by atoms with Gasteiger partial charge in [0.15, 0.2) is 6.29 Å². The first-order chi connectivity index (χ1) is 5.99. The van der Waals surface area contributed by atoms with Gasteiger partial charge in [0.05, 0.1) is 6.26 Å². The van der Waals surface area contributed by atoms with E-state index >= 15 is 0 Å². The summed E-state index contributed by atoms with van der Waals surface area (Å²) in [6.07, 6.45) is 2.94. The number of hydrogen-bond donors (Lipinski definition) is 0. The van der Waals surface area contributed by atoms with Gasteiger partial charge in [-0.2, -0.15) is 8.42 Å². The minimum atomic E-state index is -3.40. The predicted molar refractivity (Wildman–Crippen MR) is 50.9 cm³/mol. The van der Waals surface area contributed by atoms with E-state index in [1.807, 2.05) is 13.8 Å². The first kappa shape index (κ1) is 12.9. The van der Waals surface area contributed by atoms with Crippen molar-refractivity contribution in [1.82, 2.24) is 0 Å². The summed E-state index contributed by atoms with van der Waals surface area (Å²) in [7, 11) is -3.40. The van der Waals surface area contributed by atoms with Gasteiger partial charge in [-0.05, 0) is 19.8 Å². The summed E-state index contributed by atoms with van der Waals surface area (Å²) in [6, 6.07) is 0. The highest BCUT2D eigenvalue weighted by Gasteiger charge is 2.14. The van der Waals surface area contributed by atoms with Gasteiger partial charge in [0.25, 0.3) is 10.1 Å². The molecule has 1 atom stereocenters. The minimum absolute atomic E-state index is 0.462. The summed E-state index contributed by atoms with van der Waals surface area (Å²) >= 11 is 0. The van der Waals surface area contributed by atoms with Crippen molar-refractivity contribution in [3.8, 4) is 0 Å². The van der Waals surface area contributed by atoms with Crippen LogP contribution >= 0.6 is 0 Å². The lowest BCUT2D eigenvalue weighted by atomic mass is 10.2. The van der Waals surface area contributed by atoms with Gasteiger partial charge >= 0.3 is 0 Å². The SMILES string of the molecule is CCCCC(OCC)OS(C)(=O)=O. The fourth-order valence-electron chi connectivity index (χ4n) is 0.911. The van der Waals surface area contributed by atoms with Crippen LogP contribution in [0.2, 0.25) is 0 Å². The lowest BCUT2D eigenvalue weighted by Gasteiger charge is -2.15. The molecule has 1 unspecified atom stereocenters. The Labute approximate surface area is 80.4 Å². The number of unbranched alkanes of at least 4 members (excludes halogenated alkanes) is 1. The zero-order chi connectivity index (χ0) is 10.3. The fourth-order valence-corrected chi connectivity index (χ4v) is 1.45. The molecule has 0 heterocycles. The third-order valence-corrected chi connectivity index (χ3v) is 1.99. The van der Waals surface area contributed by atoms with Gasteiger partial charge in [0, 0.05) is 6.61 Å². The van der Waals surface area contributed by atoms with Crippen molar-refractivity contribution in [2.75, 3.05) is 12.9 Å². The summed E-state index contributed by atoms with van der Waals surface area (Å²) in [4.78, 5) is 0. The van der Waals surface area contributed by atoms with Crippen molar-refractivity contribution < 1.29 is 17.3 Å². The predicted octanol–water partition coefficient (Wildman–Crippen LogP) is 1.52. The van der Waals surface area contributed by atoms with E-state index in [0.717, 1.165) is 19.1 Å². The van der Waals surface area contributed by atoms with Crippen molar-refractivity contribution in [2.24, 2.45) is 0 Å². The van der Waals surface area contributed by atoms with Crippen LogP contribution in [0.1, 0.15) is 33.1 Å². The van der Waals surface area contributed by atoms with E-state index in [1.54, 1.807) is 0 Å². The second kappa shape index (κ2) is 6.34. The van der Waals surface area contributed by atoms with Gasteiger partial charge in [-0.15, -0.1) is 0 Å². The first-order valence-electron chi connectivity index (χ1n) is 4.49. The van der Waals surface area contributed by atoms with E-state index in [2.05, 4.69) is 0 Å². The van der Waals surface area contributed by atoms with Crippen LogP contribution in [0.5, 0.6) is 0 Å². The Morgan fingerprint density at radius 2 is 1.92 bits per heavy atom. The molecular weight excluding hydrogens is 192 g/mol. The van der Waals surface area contributed by atoms with Crippen LogP contribution in [0.25, 0.3) is 0 Å². The van der Waals surface area contributed by atoms with Gasteiger partial charge in [-0.25, -0.2) is 4.18 Å². The van der Waals surface area contributed by atoms with Gasteiger partial charge in [0.2, 0.25) is 0 Å². The highest BCUT2D eigenvalue weighted by molar-refractivity contribution is 7.86. The highest BCUT2D eigenvalue weighted by Crippen LogP contribution is 2.08. The molecule has 0 bridgehead atoms. The molecule has 0 aromatic carbocycles. The van der Waals surface area contributed by atoms with E-state index in [0.29, 0.717) is 13.0 Å². The maximum atomic E-state index is 10.8. The van der Waals surface area contributed by atoms with E-state index in [4.69, 9.17) is 8.92 Å². The number of rotatable bonds is 7. The molecule has 0 radical (unpaired) electrons. The van der Waals surface area contributed by atoms with Gasteiger partial charge in [-0.1, -0.05) is 13.3 Å². The molecule has 0 rings (SSSR count). The lowest BCUT2D eigenvalue weighted by Crippen LogP contribution is -2.20. The molecule has 0 amide bonds. The molecular formula is C8H18O4S. The average molecular weight is 210 g/mol. The second-order valence-corrected chi connectivity index (χ2v) is 4.43. The molecule has 13 heavy (non-hydrogen) atoms. The third-order valence-electron chi connectivity index (χ3n) is 1.43. The largest absolute Gasteiger partial charge is 0.352 e. The monoisotopic (exact) mass is 210 g/mol. The number of hydrogen-bond acceptors (Lipinski definition) is 4. The van der Waals surface area contributed by atoms with E-state index in [9.17, 15) is 8.42 Å². The Bertz CT molecular complexity index is 210. The zero-order valence-electron chi connectivity index (χ0n) is 8.45. The Kier molecular flexibility index (Phi) is 6.28. The standard InChI is InChI=1S/C8H18O4S/c1-4-6-7-8(11-5-2)12-13(3,9)10/h8H,4-7H2,1-3H3. The van der Waals surface area contributed by atoms with Crippen molar-refractivity contribution in [3.63, 3.8) is 0 Å².